The highest BCUT2D eigenvalue weighted by Gasteiger charge is 2.34. The topological polar surface area (TPSA) is 46.6 Å². The molecular formula is C26H31NO3. The number of hydrogen-bond acceptors (Lipinski definition) is 3. The van der Waals surface area contributed by atoms with Crippen LogP contribution in [-0.2, 0) is 4.74 Å². The molecule has 2 aromatic carbocycles. The van der Waals surface area contributed by atoms with Crippen LogP contribution in [0.25, 0.3) is 6.08 Å². The van der Waals surface area contributed by atoms with Crippen molar-refractivity contribution in [1.29, 1.82) is 0 Å². The summed E-state index contributed by atoms with van der Waals surface area (Å²) in [7, 11) is 1.40. The molecule has 1 amide bonds. The van der Waals surface area contributed by atoms with E-state index in [4.69, 9.17) is 4.74 Å². The van der Waals surface area contributed by atoms with Gasteiger partial charge in [-0.05, 0) is 30.0 Å². The van der Waals surface area contributed by atoms with Gasteiger partial charge in [0.15, 0.2) is 5.78 Å². The number of ketones is 1. The number of carbonyl (C=O) groups is 2. The van der Waals surface area contributed by atoms with E-state index in [1.165, 1.54) is 26.4 Å². The van der Waals surface area contributed by atoms with Gasteiger partial charge in [0.1, 0.15) is 0 Å². The molecule has 0 saturated carbocycles. The maximum absolute atomic E-state index is 13.0. The van der Waals surface area contributed by atoms with Crippen LogP contribution in [0.5, 0.6) is 0 Å². The number of hydrogen-bond donors (Lipinski definition) is 0. The molecule has 0 aromatic heterocycles. The number of benzene rings is 2. The van der Waals surface area contributed by atoms with Crippen LogP contribution in [-0.4, -0.2) is 23.9 Å². The molecule has 0 bridgehead atoms. The van der Waals surface area contributed by atoms with Crippen LogP contribution >= 0.6 is 0 Å². The second-order valence-corrected chi connectivity index (χ2v) is 7.78. The minimum Gasteiger partial charge on any atom is -0.452 e. The number of unbranched alkanes of at least 4 members (excludes halogenated alkanes) is 4. The van der Waals surface area contributed by atoms with Crippen molar-refractivity contribution in [3.63, 3.8) is 0 Å². The highest BCUT2D eigenvalue weighted by molar-refractivity contribution is 5.97. The summed E-state index contributed by atoms with van der Waals surface area (Å²) >= 11 is 0. The van der Waals surface area contributed by atoms with Crippen molar-refractivity contribution >= 4 is 18.0 Å². The summed E-state index contributed by atoms with van der Waals surface area (Å²) in [5, 5.41) is 0. The van der Waals surface area contributed by atoms with Gasteiger partial charge in [0.25, 0.3) is 0 Å². The molecule has 30 heavy (non-hydrogen) atoms. The van der Waals surface area contributed by atoms with Gasteiger partial charge in [0.2, 0.25) is 0 Å². The zero-order valence-electron chi connectivity index (χ0n) is 18.0. The van der Waals surface area contributed by atoms with E-state index in [0.717, 1.165) is 36.1 Å². The smallest absolute Gasteiger partial charge is 0.414 e. The Kier molecular flexibility index (Phi) is 7.83. The Hall–Kier alpha value is -2.88. The lowest BCUT2D eigenvalue weighted by Gasteiger charge is -2.37. The standard InChI is InChI=1S/C26H31NO3/c1-3-4-5-6-10-16-22-18-21-15-11-12-17-23(21)24(27(22)26(29)30-2)19-25(28)20-13-8-7-9-14-20/h7-9,11-15,17-18,24H,3-6,10,16,19H2,1-2H3. The summed E-state index contributed by atoms with van der Waals surface area (Å²) in [6.07, 6.45) is 8.48. The van der Waals surface area contributed by atoms with Crippen molar-refractivity contribution in [3.05, 3.63) is 77.0 Å². The fraction of sp³-hybridized carbons (Fsp3) is 0.385. The number of ether oxygens (including phenoxy) is 1. The molecule has 0 aliphatic carbocycles. The molecule has 0 saturated heterocycles. The lowest BCUT2D eigenvalue weighted by atomic mass is 9.88. The zero-order valence-corrected chi connectivity index (χ0v) is 18.0. The van der Waals surface area contributed by atoms with Crippen LogP contribution in [0.1, 0.15) is 79.4 Å². The molecule has 1 aliphatic heterocycles. The first-order valence-corrected chi connectivity index (χ1v) is 10.9. The SMILES string of the molecule is CCCCCCCC1=Cc2ccccc2C(CC(=O)c2ccccc2)N1C(=O)OC. The average Bonchev–Trinajstić information content (AvgIpc) is 2.79. The van der Waals surface area contributed by atoms with Crippen LogP contribution in [0.3, 0.4) is 0 Å². The quantitative estimate of drug-likeness (QED) is 0.341. The van der Waals surface area contributed by atoms with Crippen LogP contribution < -0.4 is 0 Å². The Morgan fingerprint density at radius 3 is 2.37 bits per heavy atom. The van der Waals surface area contributed by atoms with Crippen molar-refractivity contribution in [2.75, 3.05) is 7.11 Å². The Balaban J connectivity index is 1.89. The van der Waals surface area contributed by atoms with Crippen molar-refractivity contribution in [2.24, 2.45) is 0 Å². The third-order valence-corrected chi connectivity index (χ3v) is 5.68. The predicted octanol–water partition coefficient (Wildman–Crippen LogP) is 6.78. The van der Waals surface area contributed by atoms with Gasteiger partial charge in [-0.2, -0.15) is 0 Å². The number of rotatable bonds is 9. The molecule has 0 fully saturated rings. The third-order valence-electron chi connectivity index (χ3n) is 5.68. The van der Waals surface area contributed by atoms with Gasteiger partial charge in [0, 0.05) is 17.7 Å². The number of nitrogens with zero attached hydrogens (tertiary/aromatic N) is 1. The highest BCUT2D eigenvalue weighted by Crippen LogP contribution is 2.39. The maximum atomic E-state index is 13.0. The third kappa shape index (κ3) is 5.18. The van der Waals surface area contributed by atoms with E-state index < -0.39 is 6.09 Å². The molecule has 3 rings (SSSR count). The second-order valence-electron chi connectivity index (χ2n) is 7.78. The van der Waals surface area contributed by atoms with Gasteiger partial charge >= 0.3 is 6.09 Å². The van der Waals surface area contributed by atoms with Gasteiger partial charge in [0.05, 0.1) is 13.2 Å². The predicted molar refractivity (Wildman–Crippen MR) is 120 cm³/mol. The van der Waals surface area contributed by atoms with Crippen LogP contribution in [0, 0.1) is 0 Å². The lowest BCUT2D eigenvalue weighted by Crippen LogP contribution is -2.37. The largest absolute Gasteiger partial charge is 0.452 e. The average molecular weight is 406 g/mol. The van der Waals surface area contributed by atoms with Crippen LogP contribution in [0.2, 0.25) is 0 Å². The number of amides is 1. The molecule has 158 valence electrons. The molecule has 1 heterocycles. The molecule has 4 heteroatoms. The fourth-order valence-corrected chi connectivity index (χ4v) is 4.10. The number of carbonyl (C=O) groups excluding carboxylic acids is 2. The minimum absolute atomic E-state index is 0.0218. The van der Waals surface area contributed by atoms with E-state index in [9.17, 15) is 9.59 Å². The first kappa shape index (κ1) is 21.8. The first-order chi connectivity index (χ1) is 14.7. The van der Waals surface area contributed by atoms with Gasteiger partial charge in [-0.15, -0.1) is 0 Å². The monoisotopic (exact) mass is 405 g/mol. The lowest BCUT2D eigenvalue weighted by molar-refractivity contribution is 0.0903. The summed E-state index contributed by atoms with van der Waals surface area (Å²) in [6.45, 7) is 2.20. The zero-order chi connectivity index (χ0) is 21.3. The molecule has 1 atom stereocenters. The van der Waals surface area contributed by atoms with Gasteiger partial charge in [-0.25, -0.2) is 4.79 Å². The minimum atomic E-state index is -0.407. The number of allylic oxidation sites excluding steroid dienone is 1. The van der Waals surface area contributed by atoms with E-state index in [1.54, 1.807) is 4.90 Å². The fourth-order valence-electron chi connectivity index (χ4n) is 4.10. The summed E-state index contributed by atoms with van der Waals surface area (Å²) < 4.78 is 5.13. The number of fused-ring (bicyclic) bond motifs is 1. The normalized spacial score (nSPS) is 15.3. The summed E-state index contributed by atoms with van der Waals surface area (Å²) in [5.74, 6) is 0.0218. The van der Waals surface area contributed by atoms with E-state index in [0.29, 0.717) is 5.56 Å². The molecule has 0 spiro atoms. The molecule has 0 N–H and O–H groups in total. The highest BCUT2D eigenvalue weighted by atomic mass is 16.5. The number of Topliss-reactive ketones (excluding diaryl/α,β-unsaturated/α-hetero) is 1. The Morgan fingerprint density at radius 1 is 0.933 bits per heavy atom. The van der Waals surface area contributed by atoms with Crippen LogP contribution in [0.4, 0.5) is 4.79 Å². The van der Waals surface area contributed by atoms with Gasteiger partial charge in [-0.1, -0.05) is 87.2 Å². The van der Waals surface area contributed by atoms with Crippen molar-refractivity contribution in [3.8, 4) is 0 Å². The molecule has 0 radical (unpaired) electrons. The molecule has 2 aromatic rings. The molecule has 1 aliphatic rings. The van der Waals surface area contributed by atoms with E-state index >= 15 is 0 Å². The Morgan fingerprint density at radius 2 is 1.63 bits per heavy atom. The van der Waals surface area contributed by atoms with E-state index in [2.05, 4.69) is 19.1 Å². The maximum Gasteiger partial charge on any atom is 0.414 e. The first-order valence-electron chi connectivity index (χ1n) is 10.9. The summed E-state index contributed by atoms with van der Waals surface area (Å²) in [6, 6.07) is 16.9. The van der Waals surface area contributed by atoms with E-state index in [-0.39, 0.29) is 18.2 Å². The molecular weight excluding hydrogens is 374 g/mol. The molecule has 1 unspecified atom stereocenters. The molecule has 4 nitrogen and oxygen atoms in total. The summed E-state index contributed by atoms with van der Waals surface area (Å²) in [4.78, 5) is 27.5. The van der Waals surface area contributed by atoms with E-state index in [1.807, 2.05) is 48.5 Å². The Labute approximate surface area is 179 Å². The van der Waals surface area contributed by atoms with Crippen molar-refractivity contribution in [1.82, 2.24) is 4.90 Å². The second kappa shape index (κ2) is 10.8. The van der Waals surface area contributed by atoms with Gasteiger partial charge in [-0.3, -0.25) is 9.69 Å². The Bertz CT molecular complexity index is 888. The van der Waals surface area contributed by atoms with Crippen molar-refractivity contribution < 1.29 is 14.3 Å². The van der Waals surface area contributed by atoms with Gasteiger partial charge < -0.3 is 4.74 Å². The number of methoxy groups -OCH3 is 1. The summed E-state index contributed by atoms with van der Waals surface area (Å²) in [5.41, 5.74) is 3.66. The van der Waals surface area contributed by atoms with Crippen LogP contribution in [0.15, 0.2) is 60.3 Å². The van der Waals surface area contributed by atoms with Crippen molar-refractivity contribution in [2.45, 2.75) is 57.9 Å².